The molecule has 0 spiro atoms. The molecule has 53 valence electrons. The van der Waals surface area contributed by atoms with Crippen molar-refractivity contribution in [2.45, 2.75) is 33.1 Å². The largest absolute Gasteiger partial charge is 0.292 e. The fourth-order valence-electron chi connectivity index (χ4n) is 0.731. The molecule has 0 unspecified atom stereocenters. The standard InChI is InChI=1S/C8H16N/c1-4-6-8-9(3)7-5-2/h4-8H2,1-2H3. The molecule has 0 aliphatic rings. The van der Waals surface area contributed by atoms with Crippen LogP contribution >= 0.6 is 0 Å². The molecule has 0 saturated heterocycles. The average molecular weight is 126 g/mol. The molecule has 0 rings (SSSR count). The van der Waals surface area contributed by atoms with Crippen molar-refractivity contribution < 1.29 is 0 Å². The summed E-state index contributed by atoms with van der Waals surface area (Å²) in [4.78, 5) is 1.64. The number of hydrogen-bond donors (Lipinski definition) is 0. The van der Waals surface area contributed by atoms with Crippen LogP contribution in [0.3, 0.4) is 0 Å². The summed E-state index contributed by atoms with van der Waals surface area (Å²) in [6.07, 6.45) is 3.44. The summed E-state index contributed by atoms with van der Waals surface area (Å²) < 4.78 is 0. The SMILES string of the molecule is [C]N(CCC)CCCC. The van der Waals surface area contributed by atoms with Crippen molar-refractivity contribution in [3.63, 3.8) is 0 Å². The van der Waals surface area contributed by atoms with Crippen LogP contribution in [0.15, 0.2) is 0 Å². The van der Waals surface area contributed by atoms with Crippen LogP contribution in [0, 0.1) is 7.05 Å². The van der Waals surface area contributed by atoms with Gasteiger partial charge in [-0.3, -0.25) is 4.90 Å². The van der Waals surface area contributed by atoms with E-state index in [2.05, 4.69) is 13.8 Å². The van der Waals surface area contributed by atoms with Gasteiger partial charge in [-0.05, 0) is 25.9 Å². The maximum atomic E-state index is 7.31. The van der Waals surface area contributed by atoms with Gasteiger partial charge in [0, 0.05) is 0 Å². The fourth-order valence-corrected chi connectivity index (χ4v) is 0.731. The van der Waals surface area contributed by atoms with Gasteiger partial charge in [0.2, 0.25) is 0 Å². The third-order valence-corrected chi connectivity index (χ3v) is 1.28. The zero-order valence-corrected chi connectivity index (χ0v) is 6.48. The highest BCUT2D eigenvalue weighted by atomic mass is 15.1. The molecule has 1 nitrogen and oxygen atoms in total. The molecule has 0 aliphatic carbocycles. The number of rotatable bonds is 5. The lowest BCUT2D eigenvalue weighted by atomic mass is 10.3. The molecule has 0 saturated carbocycles. The molecule has 9 heavy (non-hydrogen) atoms. The van der Waals surface area contributed by atoms with Gasteiger partial charge in [0.1, 0.15) is 0 Å². The molecule has 0 aromatic heterocycles. The van der Waals surface area contributed by atoms with E-state index in [0.717, 1.165) is 25.9 Å². The smallest absolute Gasteiger partial charge is 0.0882 e. The van der Waals surface area contributed by atoms with E-state index in [0.29, 0.717) is 0 Å². The summed E-state index contributed by atoms with van der Waals surface area (Å²) in [5.41, 5.74) is 0. The van der Waals surface area contributed by atoms with Crippen molar-refractivity contribution in [1.82, 2.24) is 4.90 Å². The van der Waals surface area contributed by atoms with Gasteiger partial charge in [-0.15, -0.1) is 0 Å². The van der Waals surface area contributed by atoms with Gasteiger partial charge in [0.15, 0.2) is 0 Å². The first kappa shape index (κ1) is 8.96. The third kappa shape index (κ3) is 5.84. The quantitative estimate of drug-likeness (QED) is 0.545. The highest BCUT2D eigenvalue weighted by molar-refractivity contribution is 4.52. The van der Waals surface area contributed by atoms with Gasteiger partial charge in [-0.25, -0.2) is 0 Å². The molecule has 0 fully saturated rings. The number of nitrogens with zero attached hydrogens (tertiary/aromatic N) is 1. The first-order valence-electron chi connectivity index (χ1n) is 3.77. The van der Waals surface area contributed by atoms with Crippen molar-refractivity contribution in [3.8, 4) is 0 Å². The molecule has 1 heteroatoms. The Labute approximate surface area is 59.1 Å². The molecule has 0 N–H and O–H groups in total. The summed E-state index contributed by atoms with van der Waals surface area (Å²) in [5, 5.41) is 0. The molecule has 0 atom stereocenters. The predicted octanol–water partition coefficient (Wildman–Crippen LogP) is 2.04. The summed E-state index contributed by atoms with van der Waals surface area (Å²) in [6, 6.07) is 0. The fraction of sp³-hybridized carbons (Fsp3) is 0.875. The minimum absolute atomic E-state index is 0.917. The predicted molar refractivity (Wildman–Crippen MR) is 40.0 cm³/mol. The minimum atomic E-state index is 0.917. The summed E-state index contributed by atoms with van der Waals surface area (Å²) >= 11 is 0. The van der Waals surface area contributed by atoms with E-state index in [4.69, 9.17) is 7.05 Å². The van der Waals surface area contributed by atoms with Crippen LogP contribution in [0.5, 0.6) is 0 Å². The molecule has 0 bridgehead atoms. The molecular weight excluding hydrogens is 110 g/mol. The Kier molecular flexibility index (Phi) is 6.06. The van der Waals surface area contributed by atoms with Crippen molar-refractivity contribution >= 4 is 0 Å². The highest BCUT2D eigenvalue weighted by Crippen LogP contribution is 1.93. The Hall–Kier alpha value is -0.0400. The normalized spacial score (nSPS) is 10.7. The van der Waals surface area contributed by atoms with E-state index in [9.17, 15) is 0 Å². The van der Waals surface area contributed by atoms with Crippen LogP contribution in [0.2, 0.25) is 0 Å². The van der Waals surface area contributed by atoms with Crippen molar-refractivity contribution in [2.24, 2.45) is 0 Å². The molecule has 3 radical (unpaired) electrons. The van der Waals surface area contributed by atoms with E-state index in [1.54, 1.807) is 4.90 Å². The number of unbranched alkanes of at least 4 members (excludes halogenated alkanes) is 1. The second kappa shape index (κ2) is 6.09. The Bertz CT molecular complexity index is 52.5. The van der Waals surface area contributed by atoms with Gasteiger partial charge >= 0.3 is 0 Å². The van der Waals surface area contributed by atoms with Crippen molar-refractivity contribution in [2.75, 3.05) is 13.1 Å². The highest BCUT2D eigenvalue weighted by Gasteiger charge is 1.93. The average Bonchev–Trinajstić information content (AvgIpc) is 1.85. The zero-order chi connectivity index (χ0) is 7.11. The monoisotopic (exact) mass is 126 g/mol. The van der Waals surface area contributed by atoms with E-state index < -0.39 is 0 Å². The molecular formula is C8H16N. The molecule has 0 heterocycles. The lowest BCUT2D eigenvalue weighted by Crippen LogP contribution is -2.17. The van der Waals surface area contributed by atoms with Crippen LogP contribution in [-0.2, 0) is 0 Å². The Balaban J connectivity index is 2.95. The third-order valence-electron chi connectivity index (χ3n) is 1.28. The van der Waals surface area contributed by atoms with Gasteiger partial charge in [0.05, 0.1) is 7.05 Å². The second-order valence-electron chi connectivity index (χ2n) is 2.34. The Morgan fingerprint density at radius 2 is 1.78 bits per heavy atom. The van der Waals surface area contributed by atoms with Crippen LogP contribution in [0.25, 0.3) is 0 Å². The van der Waals surface area contributed by atoms with Crippen LogP contribution in [-0.4, -0.2) is 18.0 Å². The second-order valence-corrected chi connectivity index (χ2v) is 2.34. The van der Waals surface area contributed by atoms with Gasteiger partial charge in [0.25, 0.3) is 0 Å². The maximum Gasteiger partial charge on any atom is 0.0882 e. The van der Waals surface area contributed by atoms with E-state index in [-0.39, 0.29) is 0 Å². The van der Waals surface area contributed by atoms with Crippen LogP contribution in [0.4, 0.5) is 0 Å². The molecule has 0 aromatic carbocycles. The minimum Gasteiger partial charge on any atom is -0.292 e. The maximum absolute atomic E-state index is 7.31. The Morgan fingerprint density at radius 1 is 1.11 bits per heavy atom. The lowest BCUT2D eigenvalue weighted by Gasteiger charge is -2.12. The van der Waals surface area contributed by atoms with E-state index >= 15 is 0 Å². The topological polar surface area (TPSA) is 3.24 Å². The number of hydrogen-bond acceptors (Lipinski definition) is 1. The zero-order valence-electron chi connectivity index (χ0n) is 6.48. The molecule has 0 aliphatic heterocycles. The van der Waals surface area contributed by atoms with Crippen molar-refractivity contribution in [1.29, 1.82) is 0 Å². The molecule has 0 amide bonds. The van der Waals surface area contributed by atoms with Gasteiger partial charge < -0.3 is 0 Å². The lowest BCUT2D eigenvalue weighted by molar-refractivity contribution is 0.362. The van der Waals surface area contributed by atoms with E-state index in [1.165, 1.54) is 6.42 Å². The van der Waals surface area contributed by atoms with E-state index in [1.807, 2.05) is 0 Å². The summed E-state index contributed by atoms with van der Waals surface area (Å²) in [5.74, 6) is 0. The first-order valence-corrected chi connectivity index (χ1v) is 3.77. The van der Waals surface area contributed by atoms with Crippen molar-refractivity contribution in [3.05, 3.63) is 7.05 Å². The van der Waals surface area contributed by atoms with Crippen LogP contribution in [0.1, 0.15) is 33.1 Å². The van der Waals surface area contributed by atoms with Gasteiger partial charge in [-0.1, -0.05) is 20.3 Å². The van der Waals surface area contributed by atoms with Crippen LogP contribution < -0.4 is 0 Å². The summed E-state index contributed by atoms with van der Waals surface area (Å²) in [7, 11) is 7.31. The summed E-state index contributed by atoms with van der Waals surface area (Å²) in [6.45, 7) is 6.11. The first-order chi connectivity index (χ1) is 4.31. The Morgan fingerprint density at radius 3 is 2.22 bits per heavy atom. The molecule has 0 aromatic rings. The van der Waals surface area contributed by atoms with Gasteiger partial charge in [-0.2, -0.15) is 0 Å².